The maximum atomic E-state index is 11.2. The van der Waals surface area contributed by atoms with Gasteiger partial charge in [-0.15, -0.1) is 0 Å². The molecule has 0 aromatic heterocycles. The molecule has 1 amide bonds. The van der Waals surface area contributed by atoms with E-state index in [0.717, 1.165) is 11.3 Å². The van der Waals surface area contributed by atoms with Crippen LogP contribution in [0.5, 0.6) is 5.75 Å². The van der Waals surface area contributed by atoms with Gasteiger partial charge in [-0.05, 0) is 24.1 Å². The standard InChI is InChI=1S/C13H17NO4/c1-3-7-18-11-6-4-5-10(8-11)12(13(16)17)14(2)9-15/h4-6,8-9,12H,3,7H2,1-2H3,(H,16,17). The second-order valence-corrected chi connectivity index (χ2v) is 3.93. The van der Waals surface area contributed by atoms with Crippen molar-refractivity contribution in [1.29, 1.82) is 0 Å². The van der Waals surface area contributed by atoms with Crippen LogP contribution in [0.15, 0.2) is 24.3 Å². The van der Waals surface area contributed by atoms with Gasteiger partial charge in [-0.2, -0.15) is 0 Å². The van der Waals surface area contributed by atoms with E-state index in [0.29, 0.717) is 24.3 Å². The monoisotopic (exact) mass is 251 g/mol. The zero-order chi connectivity index (χ0) is 13.5. The lowest BCUT2D eigenvalue weighted by molar-refractivity contribution is -0.145. The molecule has 98 valence electrons. The summed E-state index contributed by atoms with van der Waals surface area (Å²) >= 11 is 0. The summed E-state index contributed by atoms with van der Waals surface area (Å²) in [4.78, 5) is 23.0. The van der Waals surface area contributed by atoms with Gasteiger partial charge in [0.25, 0.3) is 0 Å². The highest BCUT2D eigenvalue weighted by atomic mass is 16.5. The van der Waals surface area contributed by atoms with Gasteiger partial charge in [-0.3, -0.25) is 4.79 Å². The van der Waals surface area contributed by atoms with E-state index in [2.05, 4.69) is 0 Å². The number of nitrogens with zero attached hydrogens (tertiary/aromatic N) is 1. The molecule has 0 radical (unpaired) electrons. The molecule has 0 saturated heterocycles. The lowest BCUT2D eigenvalue weighted by atomic mass is 10.1. The van der Waals surface area contributed by atoms with Crippen molar-refractivity contribution in [3.63, 3.8) is 0 Å². The molecule has 0 heterocycles. The first kappa shape index (κ1) is 14.0. The molecule has 1 aromatic rings. The first-order valence-electron chi connectivity index (χ1n) is 5.73. The number of carbonyl (C=O) groups excluding carboxylic acids is 1. The van der Waals surface area contributed by atoms with Crippen LogP contribution in [-0.2, 0) is 9.59 Å². The fourth-order valence-corrected chi connectivity index (χ4v) is 1.61. The Morgan fingerprint density at radius 2 is 2.28 bits per heavy atom. The number of likely N-dealkylation sites (N-methyl/N-ethyl adjacent to an activating group) is 1. The number of ether oxygens (including phenoxy) is 1. The Balaban J connectivity index is 2.98. The van der Waals surface area contributed by atoms with Gasteiger partial charge in [0.05, 0.1) is 6.61 Å². The van der Waals surface area contributed by atoms with Gasteiger partial charge in [0.1, 0.15) is 5.75 Å². The summed E-state index contributed by atoms with van der Waals surface area (Å²) in [5.41, 5.74) is 0.519. The fourth-order valence-electron chi connectivity index (χ4n) is 1.61. The van der Waals surface area contributed by atoms with Gasteiger partial charge in [-0.1, -0.05) is 19.1 Å². The highest BCUT2D eigenvalue weighted by Crippen LogP contribution is 2.23. The molecule has 0 bridgehead atoms. The average Bonchev–Trinajstić information content (AvgIpc) is 2.36. The largest absolute Gasteiger partial charge is 0.494 e. The first-order chi connectivity index (χ1) is 8.60. The predicted molar refractivity (Wildman–Crippen MR) is 66.4 cm³/mol. The number of hydrogen-bond donors (Lipinski definition) is 1. The van der Waals surface area contributed by atoms with Gasteiger partial charge < -0.3 is 14.7 Å². The second-order valence-electron chi connectivity index (χ2n) is 3.93. The van der Waals surface area contributed by atoms with Gasteiger partial charge in [0.15, 0.2) is 6.04 Å². The third-order valence-electron chi connectivity index (χ3n) is 2.45. The number of amides is 1. The molecular formula is C13H17NO4. The van der Waals surface area contributed by atoms with Crippen LogP contribution in [-0.4, -0.2) is 36.0 Å². The van der Waals surface area contributed by atoms with E-state index in [9.17, 15) is 9.59 Å². The van der Waals surface area contributed by atoms with Crippen LogP contribution in [0.4, 0.5) is 0 Å². The summed E-state index contributed by atoms with van der Waals surface area (Å²) in [6, 6.07) is 5.80. The highest BCUT2D eigenvalue weighted by Gasteiger charge is 2.24. The van der Waals surface area contributed by atoms with Crippen LogP contribution >= 0.6 is 0 Å². The Labute approximate surface area is 106 Å². The molecule has 18 heavy (non-hydrogen) atoms. The number of carbonyl (C=O) groups is 2. The van der Waals surface area contributed by atoms with Crippen molar-refractivity contribution >= 4 is 12.4 Å². The normalized spacial score (nSPS) is 11.7. The Kier molecular flexibility index (Phi) is 5.17. The van der Waals surface area contributed by atoms with E-state index in [1.807, 2.05) is 6.92 Å². The summed E-state index contributed by atoms with van der Waals surface area (Å²) in [7, 11) is 1.44. The maximum absolute atomic E-state index is 11.2. The van der Waals surface area contributed by atoms with Crippen LogP contribution in [0.3, 0.4) is 0 Å². The number of carboxylic acid groups (broad SMARTS) is 1. The molecule has 1 unspecified atom stereocenters. The van der Waals surface area contributed by atoms with Crippen molar-refractivity contribution in [2.75, 3.05) is 13.7 Å². The van der Waals surface area contributed by atoms with E-state index in [4.69, 9.17) is 9.84 Å². The van der Waals surface area contributed by atoms with Crippen LogP contribution in [0.2, 0.25) is 0 Å². The first-order valence-corrected chi connectivity index (χ1v) is 5.73. The fraction of sp³-hybridized carbons (Fsp3) is 0.385. The van der Waals surface area contributed by atoms with Crippen LogP contribution in [0, 0.1) is 0 Å². The van der Waals surface area contributed by atoms with E-state index >= 15 is 0 Å². The van der Waals surface area contributed by atoms with Crippen LogP contribution in [0.1, 0.15) is 24.9 Å². The highest BCUT2D eigenvalue weighted by molar-refractivity contribution is 5.78. The molecule has 1 atom stereocenters. The SMILES string of the molecule is CCCOc1cccc(C(C(=O)O)N(C)C=O)c1. The third kappa shape index (κ3) is 3.48. The van der Waals surface area contributed by atoms with Crippen molar-refractivity contribution in [3.8, 4) is 5.75 Å². The summed E-state index contributed by atoms with van der Waals surface area (Å²) in [5.74, 6) is -0.461. The lowest BCUT2D eigenvalue weighted by Gasteiger charge is -2.21. The predicted octanol–water partition coefficient (Wildman–Crippen LogP) is 1.69. The molecule has 0 fully saturated rings. The van der Waals surface area contributed by atoms with Crippen LogP contribution in [0.25, 0.3) is 0 Å². The second kappa shape index (κ2) is 6.64. The van der Waals surface area contributed by atoms with E-state index in [-0.39, 0.29) is 0 Å². The zero-order valence-corrected chi connectivity index (χ0v) is 10.5. The number of carboxylic acids is 1. The molecule has 0 spiro atoms. The van der Waals surface area contributed by atoms with Crippen LogP contribution < -0.4 is 4.74 Å². The summed E-state index contributed by atoms with van der Waals surface area (Å²) in [6.45, 7) is 2.56. The Morgan fingerprint density at radius 3 is 2.83 bits per heavy atom. The molecule has 0 aliphatic carbocycles. The minimum atomic E-state index is -1.07. The lowest BCUT2D eigenvalue weighted by Crippen LogP contribution is -2.29. The van der Waals surface area contributed by atoms with E-state index in [1.54, 1.807) is 24.3 Å². The van der Waals surface area contributed by atoms with Crippen molar-refractivity contribution in [2.24, 2.45) is 0 Å². The number of rotatable bonds is 7. The minimum absolute atomic E-state index is 0.498. The third-order valence-corrected chi connectivity index (χ3v) is 2.45. The zero-order valence-electron chi connectivity index (χ0n) is 10.5. The van der Waals surface area contributed by atoms with Gasteiger partial charge in [0.2, 0.25) is 6.41 Å². The van der Waals surface area contributed by atoms with Gasteiger partial charge in [0, 0.05) is 7.05 Å². The molecule has 5 heteroatoms. The molecule has 0 saturated carbocycles. The number of benzene rings is 1. The van der Waals surface area contributed by atoms with Crippen molar-refractivity contribution in [3.05, 3.63) is 29.8 Å². The Hall–Kier alpha value is -2.04. The molecule has 1 rings (SSSR count). The average molecular weight is 251 g/mol. The van der Waals surface area contributed by atoms with Crippen molar-refractivity contribution in [1.82, 2.24) is 4.90 Å². The molecular weight excluding hydrogens is 234 g/mol. The maximum Gasteiger partial charge on any atom is 0.331 e. The van der Waals surface area contributed by atoms with E-state index in [1.165, 1.54) is 7.05 Å². The summed E-state index contributed by atoms with van der Waals surface area (Å²) in [6.07, 6.45) is 1.37. The molecule has 0 aliphatic rings. The molecule has 5 nitrogen and oxygen atoms in total. The van der Waals surface area contributed by atoms with Crippen molar-refractivity contribution < 1.29 is 19.4 Å². The molecule has 1 aromatic carbocycles. The number of hydrogen-bond acceptors (Lipinski definition) is 3. The molecule has 0 aliphatic heterocycles. The minimum Gasteiger partial charge on any atom is -0.494 e. The van der Waals surface area contributed by atoms with Gasteiger partial charge in [-0.25, -0.2) is 4.79 Å². The van der Waals surface area contributed by atoms with E-state index < -0.39 is 12.0 Å². The van der Waals surface area contributed by atoms with Gasteiger partial charge >= 0.3 is 5.97 Å². The Morgan fingerprint density at radius 1 is 1.56 bits per heavy atom. The smallest absolute Gasteiger partial charge is 0.331 e. The van der Waals surface area contributed by atoms with Crippen molar-refractivity contribution in [2.45, 2.75) is 19.4 Å². The number of aliphatic carboxylic acids is 1. The molecule has 1 N–H and O–H groups in total. The summed E-state index contributed by atoms with van der Waals surface area (Å²) < 4.78 is 5.44. The topological polar surface area (TPSA) is 66.8 Å². The summed E-state index contributed by atoms with van der Waals surface area (Å²) in [5, 5.41) is 9.15. The quantitative estimate of drug-likeness (QED) is 0.749. The Bertz CT molecular complexity index is 419.